The molecule has 28 heavy (non-hydrogen) atoms. The quantitative estimate of drug-likeness (QED) is 0.723. The lowest BCUT2D eigenvalue weighted by Crippen LogP contribution is -2.44. The first kappa shape index (κ1) is 18.7. The van der Waals surface area contributed by atoms with E-state index in [1.54, 1.807) is 16.7 Å². The highest BCUT2D eigenvalue weighted by Gasteiger charge is 2.51. The molecule has 9 heteroatoms. The highest BCUT2D eigenvalue weighted by molar-refractivity contribution is 6.30. The Hall–Kier alpha value is -2.61. The Bertz CT molecular complexity index is 935. The Balaban J connectivity index is 1.24. The summed E-state index contributed by atoms with van der Waals surface area (Å²) >= 11 is 5.95. The van der Waals surface area contributed by atoms with E-state index in [4.69, 9.17) is 11.6 Å². The van der Waals surface area contributed by atoms with Crippen LogP contribution in [0.3, 0.4) is 0 Å². The van der Waals surface area contributed by atoms with E-state index in [1.165, 1.54) is 4.90 Å². The summed E-state index contributed by atoms with van der Waals surface area (Å²) in [6, 6.07) is 3.23. The van der Waals surface area contributed by atoms with E-state index in [0.29, 0.717) is 30.8 Å². The predicted octanol–water partition coefficient (Wildman–Crippen LogP) is 2.25. The van der Waals surface area contributed by atoms with Crippen LogP contribution in [0.25, 0.3) is 5.65 Å². The van der Waals surface area contributed by atoms with E-state index < -0.39 is 5.54 Å². The van der Waals surface area contributed by atoms with Crippen LogP contribution in [0.15, 0.2) is 24.5 Å². The maximum Gasteiger partial charge on any atom is 0.325 e. The maximum absolute atomic E-state index is 12.6. The van der Waals surface area contributed by atoms with Gasteiger partial charge in [-0.15, -0.1) is 0 Å². The van der Waals surface area contributed by atoms with Crippen LogP contribution in [0.1, 0.15) is 44.2 Å². The number of nitrogens with one attached hydrogen (secondary N) is 2. The van der Waals surface area contributed by atoms with Gasteiger partial charge in [0.2, 0.25) is 5.91 Å². The van der Waals surface area contributed by atoms with Crippen LogP contribution >= 0.6 is 11.6 Å². The van der Waals surface area contributed by atoms with Crippen molar-refractivity contribution in [3.05, 3.63) is 35.2 Å². The Morgan fingerprint density at radius 1 is 1.25 bits per heavy atom. The third kappa shape index (κ3) is 3.56. The number of imidazole rings is 1. The minimum absolute atomic E-state index is 0.140. The van der Waals surface area contributed by atoms with Crippen LogP contribution < -0.4 is 10.6 Å². The zero-order chi connectivity index (χ0) is 19.7. The number of hydrogen-bond acceptors (Lipinski definition) is 4. The lowest BCUT2D eigenvalue weighted by atomic mass is 9.98. The van der Waals surface area contributed by atoms with Crippen molar-refractivity contribution in [1.29, 1.82) is 0 Å². The number of rotatable bonds is 6. The molecule has 1 aliphatic heterocycles. The fourth-order valence-electron chi connectivity index (χ4n) is 3.97. The summed E-state index contributed by atoms with van der Waals surface area (Å²) in [6.07, 6.45) is 7.57. The lowest BCUT2D eigenvalue weighted by molar-refractivity contribution is -0.131. The van der Waals surface area contributed by atoms with Crippen molar-refractivity contribution in [2.24, 2.45) is 0 Å². The summed E-state index contributed by atoms with van der Waals surface area (Å²) < 4.78 is 1.81. The number of aromatic nitrogens is 2. The lowest BCUT2D eigenvalue weighted by Gasteiger charge is -2.19. The Kier molecular flexibility index (Phi) is 4.97. The number of urea groups is 1. The van der Waals surface area contributed by atoms with Gasteiger partial charge in [-0.1, -0.05) is 24.4 Å². The van der Waals surface area contributed by atoms with Crippen LogP contribution in [0.2, 0.25) is 5.02 Å². The number of nitrogens with zero attached hydrogens (tertiary/aromatic N) is 3. The average Bonchev–Trinajstić information content (AvgIpc) is 3.34. The molecule has 1 aliphatic carbocycles. The summed E-state index contributed by atoms with van der Waals surface area (Å²) in [7, 11) is 0. The van der Waals surface area contributed by atoms with Gasteiger partial charge < -0.3 is 15.0 Å². The Morgan fingerprint density at radius 3 is 2.82 bits per heavy atom. The molecule has 0 atom stereocenters. The van der Waals surface area contributed by atoms with Crippen molar-refractivity contribution in [3.8, 4) is 0 Å². The minimum Gasteiger partial charge on any atom is -0.350 e. The van der Waals surface area contributed by atoms with E-state index >= 15 is 0 Å². The molecule has 0 unspecified atom stereocenters. The molecule has 4 rings (SSSR count). The second-order valence-corrected chi connectivity index (χ2v) is 7.84. The van der Waals surface area contributed by atoms with E-state index in [0.717, 1.165) is 24.2 Å². The second kappa shape index (κ2) is 7.43. The number of carbonyl (C=O) groups excluding carboxylic acids is 3. The summed E-state index contributed by atoms with van der Waals surface area (Å²) in [6.45, 7) is 0.567. The molecular formula is C19H22ClN5O3. The topological polar surface area (TPSA) is 95.8 Å². The predicted molar refractivity (Wildman–Crippen MR) is 103 cm³/mol. The van der Waals surface area contributed by atoms with Crippen LogP contribution in [-0.4, -0.2) is 44.2 Å². The molecule has 3 heterocycles. The van der Waals surface area contributed by atoms with Gasteiger partial charge in [0.15, 0.2) is 0 Å². The summed E-state index contributed by atoms with van der Waals surface area (Å²) in [5.74, 6) is -0.281. The molecule has 8 nitrogen and oxygen atoms in total. The van der Waals surface area contributed by atoms with Crippen LogP contribution in [-0.2, 0) is 16.1 Å². The Morgan fingerprint density at radius 2 is 2.04 bits per heavy atom. The van der Waals surface area contributed by atoms with Crippen molar-refractivity contribution >= 4 is 35.1 Å². The minimum atomic E-state index is -0.689. The smallest absolute Gasteiger partial charge is 0.325 e. The molecular weight excluding hydrogens is 382 g/mol. The molecule has 148 valence electrons. The molecule has 2 fully saturated rings. The van der Waals surface area contributed by atoms with Gasteiger partial charge in [0.05, 0.1) is 17.3 Å². The van der Waals surface area contributed by atoms with Crippen LogP contribution in [0, 0.1) is 0 Å². The zero-order valence-corrected chi connectivity index (χ0v) is 16.2. The standard InChI is InChI=1S/C19H22ClN5O3/c20-13-5-6-15-22-14(12-24(15)11-13)10-21-16(26)4-3-9-25-17(27)19(23-18(25)28)7-1-2-8-19/h5-6,11-12H,1-4,7-10H2,(H,21,26)(H,23,28). The zero-order valence-electron chi connectivity index (χ0n) is 15.4. The summed E-state index contributed by atoms with van der Waals surface area (Å²) in [5, 5.41) is 6.28. The van der Waals surface area contributed by atoms with Crippen molar-refractivity contribution in [2.45, 2.75) is 50.6 Å². The summed E-state index contributed by atoms with van der Waals surface area (Å²) in [4.78, 5) is 42.4. The first-order chi connectivity index (χ1) is 13.5. The highest BCUT2D eigenvalue weighted by atomic mass is 35.5. The van der Waals surface area contributed by atoms with Crippen LogP contribution in [0.5, 0.6) is 0 Å². The van der Waals surface area contributed by atoms with Crippen molar-refractivity contribution in [2.75, 3.05) is 6.54 Å². The van der Waals surface area contributed by atoms with E-state index in [2.05, 4.69) is 15.6 Å². The van der Waals surface area contributed by atoms with Gasteiger partial charge in [0.25, 0.3) is 5.91 Å². The fourth-order valence-corrected chi connectivity index (χ4v) is 4.14. The molecule has 1 saturated carbocycles. The SMILES string of the molecule is O=C(CCCN1C(=O)NC2(CCCC2)C1=O)NCc1cn2cc(Cl)ccc2n1. The van der Waals surface area contributed by atoms with Gasteiger partial charge in [-0.05, 0) is 31.4 Å². The molecule has 2 N–H and O–H groups in total. The monoisotopic (exact) mass is 403 g/mol. The molecule has 0 radical (unpaired) electrons. The number of halogens is 1. The first-order valence-electron chi connectivity index (χ1n) is 9.51. The third-order valence-electron chi connectivity index (χ3n) is 5.42. The van der Waals surface area contributed by atoms with E-state index in [9.17, 15) is 14.4 Å². The summed E-state index contributed by atoms with van der Waals surface area (Å²) in [5.41, 5.74) is 0.798. The molecule has 0 aromatic carbocycles. The van der Waals surface area contributed by atoms with Gasteiger partial charge in [0.1, 0.15) is 11.2 Å². The Labute approximate surface area is 167 Å². The van der Waals surface area contributed by atoms with Gasteiger partial charge >= 0.3 is 6.03 Å². The number of fused-ring (bicyclic) bond motifs is 1. The number of carbonyl (C=O) groups is 3. The highest BCUT2D eigenvalue weighted by Crippen LogP contribution is 2.35. The molecule has 1 spiro atoms. The van der Waals surface area contributed by atoms with Gasteiger partial charge in [-0.25, -0.2) is 9.78 Å². The van der Waals surface area contributed by atoms with E-state index in [-0.39, 0.29) is 30.8 Å². The van der Waals surface area contributed by atoms with Gasteiger partial charge in [-0.2, -0.15) is 0 Å². The third-order valence-corrected chi connectivity index (χ3v) is 5.64. The number of hydrogen-bond donors (Lipinski definition) is 2. The number of amides is 4. The largest absolute Gasteiger partial charge is 0.350 e. The average molecular weight is 404 g/mol. The molecule has 1 saturated heterocycles. The maximum atomic E-state index is 12.6. The molecule has 0 bridgehead atoms. The van der Waals surface area contributed by atoms with Crippen molar-refractivity contribution < 1.29 is 14.4 Å². The van der Waals surface area contributed by atoms with Crippen LogP contribution in [0.4, 0.5) is 4.79 Å². The molecule has 2 aromatic heterocycles. The first-order valence-corrected chi connectivity index (χ1v) is 9.89. The number of pyridine rings is 1. The molecule has 4 amide bonds. The van der Waals surface area contributed by atoms with Gasteiger partial charge in [-0.3, -0.25) is 14.5 Å². The number of imide groups is 1. The normalized spacial score (nSPS) is 18.2. The fraction of sp³-hybridized carbons (Fsp3) is 0.474. The molecule has 2 aromatic rings. The van der Waals surface area contributed by atoms with E-state index in [1.807, 2.05) is 12.3 Å². The van der Waals surface area contributed by atoms with Gasteiger partial charge in [0, 0.05) is 25.4 Å². The second-order valence-electron chi connectivity index (χ2n) is 7.40. The van der Waals surface area contributed by atoms with Crippen molar-refractivity contribution in [1.82, 2.24) is 24.9 Å². The van der Waals surface area contributed by atoms with Crippen molar-refractivity contribution in [3.63, 3.8) is 0 Å². The molecule has 2 aliphatic rings.